The van der Waals surface area contributed by atoms with Crippen molar-refractivity contribution in [3.8, 4) is 5.75 Å². The third-order valence-electron chi connectivity index (χ3n) is 3.03. The first-order chi connectivity index (χ1) is 9.34. The van der Waals surface area contributed by atoms with Gasteiger partial charge in [-0.25, -0.2) is 0 Å². The number of hydrogen-bond acceptors (Lipinski definition) is 3. The molecular weight excluding hydrogens is 238 g/mol. The second kappa shape index (κ2) is 5.02. The van der Waals surface area contributed by atoms with Crippen molar-refractivity contribution in [1.82, 2.24) is 9.78 Å². The fraction of sp³-hybridized carbons (Fsp3) is 0.133. The lowest BCUT2D eigenvalue weighted by Gasteiger charge is -2.09. The number of aromatic nitrogens is 2. The van der Waals surface area contributed by atoms with Crippen molar-refractivity contribution in [3.05, 3.63) is 54.7 Å². The van der Waals surface area contributed by atoms with E-state index in [2.05, 4.69) is 17.2 Å². The molecule has 0 saturated carbocycles. The molecule has 0 spiro atoms. The number of rotatable bonds is 4. The van der Waals surface area contributed by atoms with E-state index in [-0.39, 0.29) is 0 Å². The number of nitrogens with zero attached hydrogens (tertiary/aromatic N) is 2. The average Bonchev–Trinajstić information content (AvgIpc) is 2.85. The van der Waals surface area contributed by atoms with Gasteiger partial charge in [0.25, 0.3) is 0 Å². The smallest absolute Gasteiger partial charge is 0.142 e. The van der Waals surface area contributed by atoms with Crippen LogP contribution in [-0.4, -0.2) is 16.4 Å². The van der Waals surface area contributed by atoms with Crippen LogP contribution in [0.25, 0.3) is 10.9 Å². The van der Waals surface area contributed by atoms with Gasteiger partial charge in [-0.2, -0.15) is 5.10 Å². The Morgan fingerprint density at radius 3 is 2.74 bits per heavy atom. The van der Waals surface area contributed by atoms with Crippen molar-refractivity contribution in [3.63, 3.8) is 0 Å². The first-order valence-corrected chi connectivity index (χ1v) is 6.22. The molecule has 4 nitrogen and oxygen atoms in total. The largest absolute Gasteiger partial charge is 0.490 e. The van der Waals surface area contributed by atoms with Gasteiger partial charge in [0.2, 0.25) is 0 Å². The van der Waals surface area contributed by atoms with Crippen LogP contribution < -0.4 is 10.5 Å². The maximum absolute atomic E-state index is 5.82. The van der Waals surface area contributed by atoms with E-state index in [1.807, 2.05) is 47.3 Å². The van der Waals surface area contributed by atoms with Crippen molar-refractivity contribution in [2.45, 2.75) is 6.54 Å². The lowest BCUT2D eigenvalue weighted by Crippen LogP contribution is -2.10. The molecule has 1 aromatic heterocycles. The molecule has 0 radical (unpaired) electrons. The van der Waals surface area contributed by atoms with Crippen molar-refractivity contribution in [2.75, 3.05) is 12.3 Å². The Bertz CT molecular complexity index is 690. The molecule has 3 rings (SSSR count). The van der Waals surface area contributed by atoms with Crippen LogP contribution in [0.4, 0.5) is 5.69 Å². The number of para-hydroxylation sites is 3. The Balaban J connectivity index is 1.68. The molecule has 0 aliphatic rings. The highest BCUT2D eigenvalue weighted by Crippen LogP contribution is 2.19. The van der Waals surface area contributed by atoms with Crippen LogP contribution in [0.5, 0.6) is 5.75 Å². The zero-order valence-electron chi connectivity index (χ0n) is 10.5. The number of hydrogen-bond donors (Lipinski definition) is 1. The third kappa shape index (κ3) is 2.38. The van der Waals surface area contributed by atoms with Crippen molar-refractivity contribution in [2.24, 2.45) is 0 Å². The lowest BCUT2D eigenvalue weighted by atomic mass is 10.3. The summed E-state index contributed by atoms with van der Waals surface area (Å²) in [7, 11) is 0. The summed E-state index contributed by atoms with van der Waals surface area (Å²) in [5.41, 5.74) is 7.60. The molecule has 2 N–H and O–H groups in total. The minimum Gasteiger partial charge on any atom is -0.490 e. The molecule has 4 heteroatoms. The van der Waals surface area contributed by atoms with E-state index in [1.165, 1.54) is 0 Å². The van der Waals surface area contributed by atoms with Gasteiger partial charge in [-0.05, 0) is 18.2 Å². The Hall–Kier alpha value is -2.49. The number of ether oxygens (including phenoxy) is 1. The lowest BCUT2D eigenvalue weighted by molar-refractivity contribution is 0.295. The number of anilines is 1. The van der Waals surface area contributed by atoms with Gasteiger partial charge in [-0.3, -0.25) is 4.68 Å². The Morgan fingerprint density at radius 1 is 1.05 bits per heavy atom. The molecule has 0 saturated heterocycles. The van der Waals surface area contributed by atoms with Crippen LogP contribution in [0.1, 0.15) is 0 Å². The van der Waals surface area contributed by atoms with Gasteiger partial charge in [0.15, 0.2) is 0 Å². The van der Waals surface area contributed by atoms with Crippen LogP contribution in [0.15, 0.2) is 54.7 Å². The molecular formula is C15H15N3O. The fourth-order valence-electron chi connectivity index (χ4n) is 2.06. The predicted molar refractivity (Wildman–Crippen MR) is 76.1 cm³/mol. The maximum Gasteiger partial charge on any atom is 0.142 e. The van der Waals surface area contributed by atoms with E-state index in [0.29, 0.717) is 18.8 Å². The van der Waals surface area contributed by atoms with Crippen molar-refractivity contribution < 1.29 is 4.74 Å². The minimum absolute atomic E-state index is 0.542. The van der Waals surface area contributed by atoms with Gasteiger partial charge < -0.3 is 10.5 Å². The SMILES string of the molecule is Nc1ccccc1OCCn1ncc2ccccc21. The van der Waals surface area contributed by atoms with E-state index in [4.69, 9.17) is 10.5 Å². The van der Waals surface area contributed by atoms with Gasteiger partial charge in [-0.15, -0.1) is 0 Å². The molecule has 0 fully saturated rings. The second-order valence-electron chi connectivity index (χ2n) is 4.31. The summed E-state index contributed by atoms with van der Waals surface area (Å²) in [5, 5.41) is 5.49. The van der Waals surface area contributed by atoms with Crippen LogP contribution in [0.3, 0.4) is 0 Å². The highest BCUT2D eigenvalue weighted by Gasteiger charge is 2.02. The molecule has 19 heavy (non-hydrogen) atoms. The van der Waals surface area contributed by atoms with Crippen LogP contribution in [0, 0.1) is 0 Å². The Labute approximate surface area is 111 Å². The summed E-state index contributed by atoms with van der Waals surface area (Å²) in [6.45, 7) is 1.24. The third-order valence-corrected chi connectivity index (χ3v) is 3.03. The van der Waals surface area contributed by atoms with Crippen molar-refractivity contribution in [1.29, 1.82) is 0 Å². The van der Waals surface area contributed by atoms with E-state index in [0.717, 1.165) is 16.7 Å². The molecule has 96 valence electrons. The highest BCUT2D eigenvalue weighted by molar-refractivity contribution is 5.78. The predicted octanol–water partition coefficient (Wildman–Crippen LogP) is 2.70. The molecule has 3 aromatic rings. The average molecular weight is 253 g/mol. The summed E-state index contributed by atoms with van der Waals surface area (Å²) in [6, 6.07) is 15.6. The fourth-order valence-corrected chi connectivity index (χ4v) is 2.06. The number of nitrogen functional groups attached to an aromatic ring is 1. The second-order valence-corrected chi connectivity index (χ2v) is 4.31. The van der Waals surface area contributed by atoms with Crippen LogP contribution in [0.2, 0.25) is 0 Å². The zero-order valence-corrected chi connectivity index (χ0v) is 10.5. The molecule has 0 aliphatic heterocycles. The number of fused-ring (bicyclic) bond motifs is 1. The van der Waals surface area contributed by atoms with E-state index in [9.17, 15) is 0 Å². The minimum atomic E-state index is 0.542. The van der Waals surface area contributed by atoms with Gasteiger partial charge in [-0.1, -0.05) is 30.3 Å². The van der Waals surface area contributed by atoms with E-state index in [1.54, 1.807) is 0 Å². The summed E-state index contributed by atoms with van der Waals surface area (Å²) in [6.07, 6.45) is 1.87. The highest BCUT2D eigenvalue weighted by atomic mass is 16.5. The van der Waals surface area contributed by atoms with Crippen LogP contribution >= 0.6 is 0 Å². The summed E-state index contributed by atoms with van der Waals surface area (Å²) in [5.74, 6) is 0.721. The first-order valence-electron chi connectivity index (χ1n) is 6.22. The van der Waals surface area contributed by atoms with Gasteiger partial charge in [0.1, 0.15) is 12.4 Å². The quantitative estimate of drug-likeness (QED) is 0.727. The molecule has 0 unspecified atom stereocenters. The van der Waals surface area contributed by atoms with Gasteiger partial charge in [0.05, 0.1) is 23.9 Å². The van der Waals surface area contributed by atoms with Crippen molar-refractivity contribution >= 4 is 16.6 Å². The topological polar surface area (TPSA) is 53.1 Å². The Morgan fingerprint density at radius 2 is 1.84 bits per heavy atom. The summed E-state index contributed by atoms with van der Waals surface area (Å²) in [4.78, 5) is 0. The zero-order chi connectivity index (χ0) is 13.1. The maximum atomic E-state index is 5.82. The molecule has 0 aliphatic carbocycles. The monoisotopic (exact) mass is 253 g/mol. The Kier molecular flexibility index (Phi) is 3.06. The molecule has 0 amide bonds. The molecule has 0 atom stereocenters. The summed E-state index contributed by atoms with van der Waals surface area (Å²) >= 11 is 0. The molecule has 1 heterocycles. The first kappa shape index (κ1) is 11.6. The summed E-state index contributed by atoms with van der Waals surface area (Å²) < 4.78 is 7.61. The van der Waals surface area contributed by atoms with E-state index < -0.39 is 0 Å². The van der Waals surface area contributed by atoms with E-state index >= 15 is 0 Å². The van der Waals surface area contributed by atoms with Gasteiger partial charge >= 0.3 is 0 Å². The van der Waals surface area contributed by atoms with Gasteiger partial charge in [0, 0.05) is 5.39 Å². The van der Waals surface area contributed by atoms with Crippen LogP contribution in [-0.2, 0) is 6.54 Å². The number of nitrogens with two attached hydrogens (primary N) is 1. The standard InChI is InChI=1S/C15H15N3O/c16-13-6-2-4-8-15(13)19-10-9-18-14-7-3-1-5-12(14)11-17-18/h1-8,11H,9-10,16H2. The number of benzene rings is 2. The normalized spacial score (nSPS) is 10.7. The molecule has 0 bridgehead atoms. The molecule has 2 aromatic carbocycles.